The van der Waals surface area contributed by atoms with Crippen molar-refractivity contribution in [2.45, 2.75) is 19.4 Å². The van der Waals surface area contributed by atoms with Gasteiger partial charge in [0.1, 0.15) is 12.2 Å². The van der Waals surface area contributed by atoms with Gasteiger partial charge in [0.2, 0.25) is 0 Å². The first kappa shape index (κ1) is 14.8. The fraction of sp³-hybridized carbons (Fsp3) is 0.267. The monoisotopic (exact) mass is 284 g/mol. The van der Waals surface area contributed by atoms with E-state index in [0.717, 1.165) is 5.56 Å². The second-order valence-electron chi connectivity index (χ2n) is 4.42. The molecule has 1 unspecified atom stereocenters. The molecule has 6 heteroatoms. The van der Waals surface area contributed by atoms with Crippen molar-refractivity contribution >= 4 is 5.91 Å². The highest BCUT2D eigenvalue weighted by molar-refractivity contribution is 5.94. The summed E-state index contributed by atoms with van der Waals surface area (Å²) in [4.78, 5) is 16.2. The predicted molar refractivity (Wildman–Crippen MR) is 77.3 cm³/mol. The largest absolute Gasteiger partial charge is 0.395 e. The maximum Gasteiger partial charge on any atom is 0.251 e. The minimum atomic E-state index is -0.260. The lowest BCUT2D eigenvalue weighted by molar-refractivity contribution is 0.0938. The SMILES string of the molecule is CC(NC(=O)c1cccc(C#CCCO)c1)c1ncn[nH]1. The lowest BCUT2D eigenvalue weighted by Crippen LogP contribution is -2.27. The molecule has 0 radical (unpaired) electrons. The molecular formula is C15H16N4O2. The molecule has 1 atom stereocenters. The van der Waals surface area contributed by atoms with Crippen LogP contribution in [-0.4, -0.2) is 32.8 Å². The molecule has 0 bridgehead atoms. The van der Waals surface area contributed by atoms with Crippen LogP contribution in [0.2, 0.25) is 0 Å². The molecule has 0 aliphatic carbocycles. The number of hydrogen-bond acceptors (Lipinski definition) is 4. The maximum absolute atomic E-state index is 12.2. The molecule has 1 aromatic heterocycles. The normalized spacial score (nSPS) is 11.3. The van der Waals surface area contributed by atoms with E-state index in [2.05, 4.69) is 32.3 Å². The summed E-state index contributed by atoms with van der Waals surface area (Å²) >= 11 is 0. The molecule has 0 saturated heterocycles. The zero-order valence-electron chi connectivity index (χ0n) is 11.6. The Balaban J connectivity index is 2.06. The van der Waals surface area contributed by atoms with Gasteiger partial charge in [-0.15, -0.1) is 0 Å². The number of carbonyl (C=O) groups excluding carboxylic acids is 1. The van der Waals surface area contributed by atoms with Crippen LogP contribution in [0.1, 0.15) is 41.1 Å². The summed E-state index contributed by atoms with van der Waals surface area (Å²) < 4.78 is 0. The molecule has 0 saturated carbocycles. The first-order chi connectivity index (χ1) is 10.2. The van der Waals surface area contributed by atoms with E-state index >= 15 is 0 Å². The molecule has 0 aliphatic heterocycles. The number of aromatic amines is 1. The zero-order chi connectivity index (χ0) is 15.1. The van der Waals surface area contributed by atoms with E-state index in [9.17, 15) is 4.79 Å². The van der Waals surface area contributed by atoms with Gasteiger partial charge in [-0.05, 0) is 25.1 Å². The molecule has 2 rings (SSSR count). The molecule has 6 nitrogen and oxygen atoms in total. The predicted octanol–water partition coefficient (Wildman–Crippen LogP) is 1.03. The van der Waals surface area contributed by atoms with Crippen LogP contribution in [0.25, 0.3) is 0 Å². The number of aliphatic hydroxyl groups is 1. The first-order valence-electron chi connectivity index (χ1n) is 6.56. The van der Waals surface area contributed by atoms with E-state index in [1.165, 1.54) is 6.33 Å². The van der Waals surface area contributed by atoms with Crippen molar-refractivity contribution < 1.29 is 9.90 Å². The third kappa shape index (κ3) is 4.16. The average Bonchev–Trinajstić information content (AvgIpc) is 3.02. The molecule has 0 fully saturated rings. The van der Waals surface area contributed by atoms with Crippen LogP contribution in [-0.2, 0) is 0 Å². The van der Waals surface area contributed by atoms with Crippen LogP contribution in [0.5, 0.6) is 0 Å². The van der Waals surface area contributed by atoms with Crippen LogP contribution in [0.4, 0.5) is 0 Å². The maximum atomic E-state index is 12.2. The van der Waals surface area contributed by atoms with Gasteiger partial charge in [-0.2, -0.15) is 5.10 Å². The molecule has 108 valence electrons. The van der Waals surface area contributed by atoms with Crippen LogP contribution in [0.3, 0.4) is 0 Å². The van der Waals surface area contributed by atoms with Crippen LogP contribution in [0.15, 0.2) is 30.6 Å². The Morgan fingerprint density at radius 1 is 1.52 bits per heavy atom. The minimum absolute atomic E-state index is 0.0296. The van der Waals surface area contributed by atoms with Gasteiger partial charge < -0.3 is 10.4 Å². The van der Waals surface area contributed by atoms with Gasteiger partial charge in [0.05, 0.1) is 12.6 Å². The lowest BCUT2D eigenvalue weighted by atomic mass is 10.1. The van der Waals surface area contributed by atoms with Crippen molar-refractivity contribution in [2.75, 3.05) is 6.61 Å². The number of nitrogens with one attached hydrogen (secondary N) is 2. The van der Waals surface area contributed by atoms with Crippen LogP contribution < -0.4 is 5.32 Å². The fourth-order valence-electron chi connectivity index (χ4n) is 1.73. The molecule has 1 amide bonds. The molecule has 0 spiro atoms. The molecule has 1 heterocycles. The Kier molecular flexibility index (Phi) is 5.07. The molecule has 0 aliphatic rings. The van der Waals surface area contributed by atoms with Crippen molar-refractivity contribution in [3.8, 4) is 11.8 Å². The van der Waals surface area contributed by atoms with Gasteiger partial charge in [0.25, 0.3) is 5.91 Å². The number of rotatable bonds is 4. The van der Waals surface area contributed by atoms with Crippen LogP contribution >= 0.6 is 0 Å². The number of H-pyrrole nitrogens is 1. The minimum Gasteiger partial charge on any atom is -0.395 e. The van der Waals surface area contributed by atoms with E-state index in [-0.39, 0.29) is 18.6 Å². The third-order valence-corrected chi connectivity index (χ3v) is 2.79. The van der Waals surface area contributed by atoms with E-state index in [4.69, 9.17) is 5.11 Å². The molecular weight excluding hydrogens is 268 g/mol. The van der Waals surface area contributed by atoms with Crippen molar-refractivity contribution in [3.63, 3.8) is 0 Å². The number of aliphatic hydroxyl groups excluding tert-OH is 1. The van der Waals surface area contributed by atoms with Crippen molar-refractivity contribution in [2.24, 2.45) is 0 Å². The summed E-state index contributed by atoms with van der Waals surface area (Å²) in [5.74, 6) is 6.12. The molecule has 1 aromatic carbocycles. The summed E-state index contributed by atoms with van der Waals surface area (Å²) in [6, 6.07) is 6.77. The second-order valence-corrected chi connectivity index (χ2v) is 4.42. The van der Waals surface area contributed by atoms with E-state index in [0.29, 0.717) is 17.8 Å². The summed E-state index contributed by atoms with van der Waals surface area (Å²) in [6.45, 7) is 1.85. The first-order valence-corrected chi connectivity index (χ1v) is 6.56. The molecule has 3 N–H and O–H groups in total. The van der Waals surface area contributed by atoms with Gasteiger partial charge in [0, 0.05) is 17.5 Å². The number of aromatic nitrogens is 3. The third-order valence-electron chi connectivity index (χ3n) is 2.79. The summed E-state index contributed by atoms with van der Waals surface area (Å²) in [5, 5.41) is 18.0. The Morgan fingerprint density at radius 3 is 3.10 bits per heavy atom. The van der Waals surface area contributed by atoms with Gasteiger partial charge in [0.15, 0.2) is 0 Å². The number of hydrogen-bond donors (Lipinski definition) is 3. The Labute approximate surface area is 122 Å². The summed E-state index contributed by atoms with van der Waals surface area (Å²) in [6.07, 6.45) is 1.81. The topological polar surface area (TPSA) is 90.9 Å². The van der Waals surface area contributed by atoms with Crippen molar-refractivity contribution in [1.29, 1.82) is 0 Å². The highest BCUT2D eigenvalue weighted by Gasteiger charge is 2.13. The lowest BCUT2D eigenvalue weighted by Gasteiger charge is -2.11. The molecule has 2 aromatic rings. The second kappa shape index (κ2) is 7.22. The van der Waals surface area contributed by atoms with Crippen LogP contribution in [0, 0.1) is 11.8 Å². The zero-order valence-corrected chi connectivity index (χ0v) is 11.6. The summed E-state index contributed by atoms with van der Waals surface area (Å²) in [5.41, 5.74) is 1.26. The summed E-state index contributed by atoms with van der Waals surface area (Å²) in [7, 11) is 0. The fourth-order valence-corrected chi connectivity index (χ4v) is 1.73. The number of amides is 1. The Morgan fingerprint density at radius 2 is 2.38 bits per heavy atom. The quantitative estimate of drug-likeness (QED) is 0.731. The Bertz CT molecular complexity index is 656. The number of benzene rings is 1. The molecule has 21 heavy (non-hydrogen) atoms. The highest BCUT2D eigenvalue weighted by Crippen LogP contribution is 2.09. The standard InChI is InChI=1S/C15H16N4O2/c1-11(14-16-10-17-19-14)18-15(21)13-7-4-6-12(9-13)5-2-3-8-20/h4,6-7,9-11,20H,3,8H2,1H3,(H,18,21)(H,16,17,19). The van der Waals surface area contributed by atoms with E-state index in [1.807, 2.05) is 13.0 Å². The Hall–Kier alpha value is -2.65. The van der Waals surface area contributed by atoms with Crippen molar-refractivity contribution in [1.82, 2.24) is 20.5 Å². The average molecular weight is 284 g/mol. The van der Waals surface area contributed by atoms with Gasteiger partial charge in [-0.3, -0.25) is 9.89 Å². The van der Waals surface area contributed by atoms with Gasteiger partial charge >= 0.3 is 0 Å². The highest BCUT2D eigenvalue weighted by atomic mass is 16.2. The number of nitrogens with zero attached hydrogens (tertiary/aromatic N) is 2. The number of carbonyl (C=O) groups is 1. The van der Waals surface area contributed by atoms with Gasteiger partial charge in [-0.1, -0.05) is 17.9 Å². The van der Waals surface area contributed by atoms with Crippen molar-refractivity contribution in [3.05, 3.63) is 47.5 Å². The van der Waals surface area contributed by atoms with Gasteiger partial charge in [-0.25, -0.2) is 4.98 Å². The smallest absolute Gasteiger partial charge is 0.251 e. The van der Waals surface area contributed by atoms with E-state index in [1.54, 1.807) is 18.2 Å². The van der Waals surface area contributed by atoms with E-state index < -0.39 is 0 Å².